The Morgan fingerprint density at radius 3 is 2.47 bits per heavy atom. The molecule has 1 saturated heterocycles. The first-order chi connectivity index (χ1) is 7.98. The molecule has 1 heterocycles. The monoisotopic (exact) mass is 236 g/mol. The summed E-state index contributed by atoms with van der Waals surface area (Å²) in [6, 6.07) is 0. The van der Waals surface area contributed by atoms with Crippen LogP contribution in [-0.4, -0.2) is 18.5 Å². The van der Waals surface area contributed by atoms with Crippen LogP contribution in [0.25, 0.3) is 0 Å². The van der Waals surface area contributed by atoms with Crippen molar-refractivity contribution in [2.45, 2.75) is 59.0 Å². The van der Waals surface area contributed by atoms with E-state index in [1.54, 1.807) is 0 Å². The van der Waals surface area contributed by atoms with E-state index in [1.807, 2.05) is 0 Å². The van der Waals surface area contributed by atoms with Gasteiger partial charge in [-0.25, -0.2) is 0 Å². The quantitative estimate of drug-likeness (QED) is 0.699. The van der Waals surface area contributed by atoms with Crippen molar-refractivity contribution in [1.29, 1.82) is 0 Å². The van der Waals surface area contributed by atoms with Crippen LogP contribution in [0, 0.1) is 22.7 Å². The zero-order valence-corrected chi connectivity index (χ0v) is 11.3. The molecule has 3 fully saturated rings. The molecule has 2 nitrogen and oxygen atoms in total. The topological polar surface area (TPSA) is 26.3 Å². The molecule has 1 aliphatic heterocycles. The maximum atomic E-state index is 12.7. The predicted octanol–water partition coefficient (Wildman–Crippen LogP) is 3.20. The highest BCUT2D eigenvalue weighted by Crippen LogP contribution is 2.66. The van der Waals surface area contributed by atoms with Gasteiger partial charge < -0.3 is 4.74 Å². The highest BCUT2D eigenvalue weighted by Gasteiger charge is 2.67. The van der Waals surface area contributed by atoms with Gasteiger partial charge in [0.25, 0.3) is 0 Å². The molecular weight excluding hydrogens is 212 g/mol. The Kier molecular flexibility index (Phi) is 2.46. The summed E-state index contributed by atoms with van der Waals surface area (Å²) in [6.07, 6.45) is 6.04. The molecule has 3 aliphatic rings. The summed E-state index contributed by atoms with van der Waals surface area (Å²) < 4.78 is 5.90. The van der Waals surface area contributed by atoms with E-state index in [9.17, 15) is 4.79 Å². The van der Waals surface area contributed by atoms with Gasteiger partial charge in [0.2, 0.25) is 0 Å². The van der Waals surface area contributed by atoms with Crippen molar-refractivity contribution in [1.82, 2.24) is 0 Å². The fourth-order valence-electron chi connectivity index (χ4n) is 4.63. The molecule has 0 amide bonds. The Balaban J connectivity index is 1.90. The number of hydrogen-bond acceptors (Lipinski definition) is 2. The van der Waals surface area contributed by atoms with E-state index in [4.69, 9.17) is 4.74 Å². The van der Waals surface area contributed by atoms with Gasteiger partial charge >= 0.3 is 0 Å². The van der Waals surface area contributed by atoms with Crippen LogP contribution in [0.1, 0.15) is 52.9 Å². The minimum atomic E-state index is -0.0802. The number of ether oxygens (including phenoxy) is 1. The first-order valence-electron chi connectivity index (χ1n) is 7.14. The average Bonchev–Trinajstić information content (AvgIpc) is 2.62. The minimum Gasteiger partial charge on any atom is -0.377 e. The zero-order chi connectivity index (χ0) is 12.3. The molecule has 0 aromatic carbocycles. The van der Waals surface area contributed by atoms with Crippen LogP contribution in [0.2, 0.25) is 0 Å². The van der Waals surface area contributed by atoms with E-state index in [-0.39, 0.29) is 22.9 Å². The Labute approximate surface area is 104 Å². The first-order valence-corrected chi connectivity index (χ1v) is 7.14. The van der Waals surface area contributed by atoms with Crippen LogP contribution in [0.5, 0.6) is 0 Å². The molecule has 0 spiro atoms. The number of ketones is 1. The van der Waals surface area contributed by atoms with E-state index in [1.165, 1.54) is 19.3 Å². The fraction of sp³-hybridized carbons (Fsp3) is 0.933. The molecule has 0 aromatic rings. The SMILES string of the molecule is CC12CCC(C(C3CCCCO3)C1=O)C2(C)C. The largest absolute Gasteiger partial charge is 0.377 e. The Bertz CT molecular complexity index is 341. The summed E-state index contributed by atoms with van der Waals surface area (Å²) in [5, 5.41) is 0. The molecule has 96 valence electrons. The van der Waals surface area contributed by atoms with Gasteiger partial charge in [0, 0.05) is 17.9 Å². The van der Waals surface area contributed by atoms with Gasteiger partial charge in [0.05, 0.1) is 6.10 Å². The Morgan fingerprint density at radius 1 is 1.18 bits per heavy atom. The van der Waals surface area contributed by atoms with Crippen LogP contribution < -0.4 is 0 Å². The van der Waals surface area contributed by atoms with Crippen molar-refractivity contribution in [3.63, 3.8) is 0 Å². The lowest BCUT2D eigenvalue weighted by molar-refractivity contribution is -0.138. The van der Waals surface area contributed by atoms with Crippen molar-refractivity contribution in [3.8, 4) is 0 Å². The molecule has 2 bridgehead atoms. The smallest absolute Gasteiger partial charge is 0.145 e. The van der Waals surface area contributed by atoms with Crippen molar-refractivity contribution in [2.24, 2.45) is 22.7 Å². The second-order valence-corrected chi connectivity index (χ2v) is 6.99. The molecule has 0 N–H and O–H groups in total. The number of Topliss-reactive ketones (excluding diaryl/α,β-unsaturated/α-hetero) is 1. The summed E-state index contributed by atoms with van der Waals surface area (Å²) in [6.45, 7) is 7.65. The van der Waals surface area contributed by atoms with Gasteiger partial charge in [-0.2, -0.15) is 0 Å². The van der Waals surface area contributed by atoms with Gasteiger partial charge in [-0.1, -0.05) is 20.8 Å². The Morgan fingerprint density at radius 2 is 1.94 bits per heavy atom. The van der Waals surface area contributed by atoms with E-state index < -0.39 is 0 Å². The molecule has 4 unspecified atom stereocenters. The number of rotatable bonds is 1. The number of hydrogen-bond donors (Lipinski definition) is 0. The summed E-state index contributed by atoms with van der Waals surface area (Å²) in [7, 11) is 0. The van der Waals surface area contributed by atoms with E-state index >= 15 is 0 Å². The maximum absolute atomic E-state index is 12.7. The van der Waals surface area contributed by atoms with Gasteiger partial charge in [0.15, 0.2) is 0 Å². The fourth-order valence-corrected chi connectivity index (χ4v) is 4.63. The second-order valence-electron chi connectivity index (χ2n) is 6.99. The van der Waals surface area contributed by atoms with Crippen molar-refractivity contribution >= 4 is 5.78 Å². The normalized spacial score (nSPS) is 48.6. The molecule has 4 atom stereocenters. The summed E-state index contributed by atoms with van der Waals surface area (Å²) in [5.41, 5.74) is 0.0959. The van der Waals surface area contributed by atoms with Gasteiger partial charge in [-0.3, -0.25) is 4.79 Å². The first kappa shape index (κ1) is 11.7. The third kappa shape index (κ3) is 1.34. The minimum absolute atomic E-state index is 0.0802. The number of carbonyl (C=O) groups is 1. The summed E-state index contributed by atoms with van der Waals surface area (Å²) >= 11 is 0. The molecular formula is C15H24O2. The number of carbonyl (C=O) groups excluding carboxylic acids is 1. The molecule has 0 aromatic heterocycles. The Hall–Kier alpha value is -0.370. The van der Waals surface area contributed by atoms with Gasteiger partial charge in [0.1, 0.15) is 5.78 Å². The highest BCUT2D eigenvalue weighted by atomic mass is 16.5. The van der Waals surface area contributed by atoms with Crippen molar-refractivity contribution in [3.05, 3.63) is 0 Å². The van der Waals surface area contributed by atoms with Crippen LogP contribution in [0.3, 0.4) is 0 Å². The van der Waals surface area contributed by atoms with Crippen LogP contribution in [0.15, 0.2) is 0 Å². The molecule has 2 saturated carbocycles. The number of fused-ring (bicyclic) bond motifs is 2. The third-order valence-corrected chi connectivity index (χ3v) is 6.20. The average molecular weight is 236 g/mol. The molecule has 17 heavy (non-hydrogen) atoms. The van der Waals surface area contributed by atoms with E-state index in [0.717, 1.165) is 19.4 Å². The lowest BCUT2D eigenvalue weighted by Crippen LogP contribution is -2.39. The van der Waals surface area contributed by atoms with Crippen molar-refractivity contribution in [2.75, 3.05) is 6.61 Å². The predicted molar refractivity (Wildman–Crippen MR) is 66.7 cm³/mol. The van der Waals surface area contributed by atoms with Gasteiger partial charge in [-0.15, -0.1) is 0 Å². The summed E-state index contributed by atoms with van der Waals surface area (Å²) in [4.78, 5) is 12.7. The van der Waals surface area contributed by atoms with Gasteiger partial charge in [-0.05, 0) is 43.4 Å². The molecule has 2 heteroatoms. The van der Waals surface area contributed by atoms with Crippen LogP contribution in [0.4, 0.5) is 0 Å². The lowest BCUT2D eigenvalue weighted by atomic mass is 9.70. The van der Waals surface area contributed by atoms with E-state index in [2.05, 4.69) is 20.8 Å². The molecule has 2 aliphatic carbocycles. The highest BCUT2D eigenvalue weighted by molar-refractivity contribution is 5.92. The van der Waals surface area contributed by atoms with E-state index in [0.29, 0.717) is 11.7 Å². The second kappa shape index (κ2) is 3.57. The maximum Gasteiger partial charge on any atom is 0.145 e. The zero-order valence-electron chi connectivity index (χ0n) is 11.3. The standard InChI is InChI=1S/C15H24O2/c1-14(2)10-7-8-15(14,3)13(16)12(10)11-6-4-5-9-17-11/h10-12H,4-9H2,1-3H3. The third-order valence-electron chi connectivity index (χ3n) is 6.20. The summed E-state index contributed by atoms with van der Waals surface area (Å²) in [5.74, 6) is 1.26. The molecule has 0 radical (unpaired) electrons. The molecule has 3 rings (SSSR count). The lowest BCUT2D eigenvalue weighted by Gasteiger charge is -2.33. The van der Waals surface area contributed by atoms with Crippen LogP contribution in [-0.2, 0) is 9.53 Å². The van der Waals surface area contributed by atoms with Crippen molar-refractivity contribution < 1.29 is 9.53 Å². The van der Waals surface area contributed by atoms with Crippen LogP contribution >= 0.6 is 0 Å².